The van der Waals surface area contributed by atoms with E-state index in [1.807, 2.05) is 30.3 Å². The summed E-state index contributed by atoms with van der Waals surface area (Å²) < 4.78 is 14.1. The molecular weight excluding hydrogens is 194 g/mol. The van der Waals surface area contributed by atoms with Crippen LogP contribution in [0.3, 0.4) is 0 Å². The first-order chi connectivity index (χ1) is 6.77. The second-order valence-corrected chi connectivity index (χ2v) is 5.33. The molecule has 0 spiro atoms. The number of nitrogens with zero attached hydrogens (tertiary/aromatic N) is 1. The van der Waals surface area contributed by atoms with Crippen molar-refractivity contribution in [2.45, 2.75) is 18.2 Å². The Balaban J connectivity index is 2.05. The van der Waals surface area contributed by atoms with Crippen LogP contribution < -0.4 is 0 Å². The quantitative estimate of drug-likeness (QED) is 0.697. The zero-order chi connectivity index (χ0) is 9.97. The molecule has 1 aromatic carbocycles. The zero-order valence-corrected chi connectivity index (χ0v) is 9.17. The van der Waals surface area contributed by atoms with E-state index < -0.39 is 11.4 Å². The molecule has 2 nitrogen and oxygen atoms in total. The fourth-order valence-electron chi connectivity index (χ4n) is 1.73. The molecule has 1 aliphatic heterocycles. The molecule has 0 saturated carbocycles. The third-order valence-electron chi connectivity index (χ3n) is 2.57. The molecule has 14 heavy (non-hydrogen) atoms. The van der Waals surface area contributed by atoms with E-state index in [4.69, 9.17) is 0 Å². The van der Waals surface area contributed by atoms with Gasteiger partial charge in [-0.15, -0.1) is 4.31 Å². The molecule has 1 heterocycles. The fraction of sp³-hybridized carbons (Fsp3) is 0.455. The molecule has 2 atom stereocenters. The van der Waals surface area contributed by atoms with Crippen LogP contribution in [0.15, 0.2) is 35.2 Å². The molecule has 3 heteroatoms. The van der Waals surface area contributed by atoms with Crippen molar-refractivity contribution in [3.05, 3.63) is 30.3 Å². The normalized spacial score (nSPS) is 25.1. The van der Waals surface area contributed by atoms with Gasteiger partial charge in [-0.2, -0.15) is 0 Å². The first-order valence-electron chi connectivity index (χ1n) is 4.99. The maximum absolute atomic E-state index is 12.0. The van der Waals surface area contributed by atoms with Crippen molar-refractivity contribution in [3.63, 3.8) is 0 Å². The van der Waals surface area contributed by atoms with Gasteiger partial charge in [-0.25, -0.2) is 0 Å². The highest BCUT2D eigenvalue weighted by Gasteiger charge is 2.29. The van der Waals surface area contributed by atoms with Crippen molar-refractivity contribution >= 4 is 11.4 Å². The second-order valence-electron chi connectivity index (χ2n) is 3.84. The van der Waals surface area contributed by atoms with Crippen molar-refractivity contribution in [3.8, 4) is 0 Å². The van der Waals surface area contributed by atoms with E-state index in [-0.39, 0.29) is 0 Å². The molecule has 76 valence electrons. The van der Waals surface area contributed by atoms with Gasteiger partial charge >= 0.3 is 0 Å². The summed E-state index contributed by atoms with van der Waals surface area (Å²) in [7, 11) is 0. The van der Waals surface area contributed by atoms with Gasteiger partial charge in [0.25, 0.3) is 0 Å². The molecule has 1 aromatic rings. The zero-order valence-electron chi connectivity index (χ0n) is 8.35. The summed E-state index contributed by atoms with van der Waals surface area (Å²) in [6.07, 6.45) is 1.17. The molecule has 2 unspecified atom stereocenters. The van der Waals surface area contributed by atoms with Crippen LogP contribution in [0.1, 0.15) is 13.3 Å². The molecule has 2 rings (SSSR count). The van der Waals surface area contributed by atoms with E-state index in [0.29, 0.717) is 5.92 Å². The van der Waals surface area contributed by atoms with Crippen LogP contribution >= 0.6 is 0 Å². The molecule has 1 saturated heterocycles. The monoisotopic (exact) mass is 209 g/mol. The van der Waals surface area contributed by atoms with Crippen LogP contribution in [0.25, 0.3) is 0 Å². The highest BCUT2D eigenvalue weighted by Crippen LogP contribution is 2.23. The highest BCUT2D eigenvalue weighted by atomic mass is 32.2. The van der Waals surface area contributed by atoms with Crippen LogP contribution in [0.4, 0.5) is 0 Å². The first kappa shape index (κ1) is 10.0. The Hall–Kier alpha value is -0.510. The maximum atomic E-state index is 12.0. The Morgan fingerprint density at radius 2 is 2.07 bits per heavy atom. The number of benzene rings is 1. The van der Waals surface area contributed by atoms with Crippen LogP contribution in [0.2, 0.25) is 0 Å². The fourth-order valence-corrected chi connectivity index (χ4v) is 3.08. The van der Waals surface area contributed by atoms with E-state index in [1.165, 1.54) is 6.42 Å². The summed E-state index contributed by atoms with van der Waals surface area (Å²) in [5.74, 6) is 0.683. The molecule has 0 N–H and O–H groups in total. The minimum absolute atomic E-state index is 0.683. The van der Waals surface area contributed by atoms with Gasteiger partial charge in [0.1, 0.15) is 0 Å². The molecule has 0 bridgehead atoms. The first-order valence-corrected chi connectivity index (χ1v) is 6.10. The van der Waals surface area contributed by atoms with E-state index in [0.717, 1.165) is 18.0 Å². The summed E-state index contributed by atoms with van der Waals surface area (Å²) in [4.78, 5) is 0.918. The van der Waals surface area contributed by atoms with Crippen molar-refractivity contribution in [2.75, 3.05) is 13.1 Å². The topological polar surface area (TPSA) is 26.3 Å². The lowest BCUT2D eigenvalue weighted by molar-refractivity contribution is 0.464. The van der Waals surface area contributed by atoms with Gasteiger partial charge in [0, 0.05) is 13.1 Å². The lowest BCUT2D eigenvalue weighted by atomic mass is 10.2. The third kappa shape index (κ3) is 2.11. The lowest BCUT2D eigenvalue weighted by Crippen LogP contribution is -2.28. The average Bonchev–Trinajstić information content (AvgIpc) is 2.65. The van der Waals surface area contributed by atoms with Gasteiger partial charge in [0.2, 0.25) is 0 Å². The van der Waals surface area contributed by atoms with E-state index in [2.05, 4.69) is 11.2 Å². The van der Waals surface area contributed by atoms with E-state index >= 15 is 0 Å². The predicted octanol–water partition coefficient (Wildman–Crippen LogP) is 2.05. The van der Waals surface area contributed by atoms with Gasteiger partial charge in [-0.3, -0.25) is 0 Å². The summed E-state index contributed by atoms with van der Waals surface area (Å²) in [6, 6.07) is 9.69. The van der Waals surface area contributed by atoms with Gasteiger partial charge in [-0.1, -0.05) is 25.1 Å². The predicted molar refractivity (Wildman–Crippen MR) is 58.2 cm³/mol. The van der Waals surface area contributed by atoms with Gasteiger partial charge in [0.05, 0.1) is 11.4 Å². The SMILES string of the molecule is CC1CCN([S+]([O-])c2ccccc2)C1. The summed E-state index contributed by atoms with van der Waals surface area (Å²) in [6.45, 7) is 4.13. The van der Waals surface area contributed by atoms with Crippen molar-refractivity contribution in [2.24, 2.45) is 5.92 Å². The van der Waals surface area contributed by atoms with Gasteiger partial charge in [0.15, 0.2) is 4.90 Å². The second kappa shape index (κ2) is 4.34. The van der Waals surface area contributed by atoms with Crippen LogP contribution in [0, 0.1) is 5.92 Å². The minimum atomic E-state index is -0.946. The minimum Gasteiger partial charge on any atom is -0.593 e. The molecule has 1 aliphatic rings. The standard InChI is InChI=1S/C11H15NOS/c1-10-7-8-12(9-10)14(13)11-5-3-2-4-6-11/h2-6,10H,7-9H2,1H3. The van der Waals surface area contributed by atoms with E-state index in [9.17, 15) is 4.55 Å². The van der Waals surface area contributed by atoms with Crippen LogP contribution in [0.5, 0.6) is 0 Å². The number of rotatable bonds is 2. The summed E-state index contributed by atoms with van der Waals surface area (Å²) >= 11 is -0.946. The Kier molecular flexibility index (Phi) is 3.11. The molecule has 0 amide bonds. The Morgan fingerprint density at radius 3 is 2.64 bits per heavy atom. The van der Waals surface area contributed by atoms with Gasteiger partial charge in [-0.05, 0) is 24.5 Å². The molecular formula is C11H15NOS. The van der Waals surface area contributed by atoms with Crippen LogP contribution in [-0.4, -0.2) is 21.9 Å². The van der Waals surface area contributed by atoms with Crippen molar-refractivity contribution in [1.82, 2.24) is 4.31 Å². The largest absolute Gasteiger partial charge is 0.593 e. The Labute approximate surface area is 88.2 Å². The smallest absolute Gasteiger partial charge is 0.174 e. The summed E-state index contributed by atoms with van der Waals surface area (Å²) in [5, 5.41) is 0. The third-order valence-corrected chi connectivity index (χ3v) is 4.04. The average molecular weight is 209 g/mol. The van der Waals surface area contributed by atoms with Crippen molar-refractivity contribution in [1.29, 1.82) is 0 Å². The Bertz CT molecular complexity index is 291. The van der Waals surface area contributed by atoms with Gasteiger partial charge < -0.3 is 4.55 Å². The lowest BCUT2D eigenvalue weighted by Gasteiger charge is -2.18. The van der Waals surface area contributed by atoms with Crippen LogP contribution in [-0.2, 0) is 11.4 Å². The molecule has 0 radical (unpaired) electrons. The molecule has 0 aliphatic carbocycles. The van der Waals surface area contributed by atoms with E-state index in [1.54, 1.807) is 0 Å². The highest BCUT2D eigenvalue weighted by molar-refractivity contribution is 7.89. The van der Waals surface area contributed by atoms with Crippen molar-refractivity contribution < 1.29 is 4.55 Å². The number of hydrogen-bond donors (Lipinski definition) is 0. The molecule has 0 aromatic heterocycles. The Morgan fingerprint density at radius 1 is 1.36 bits per heavy atom. The molecule has 1 fully saturated rings. The number of hydrogen-bond acceptors (Lipinski definition) is 2. The summed E-state index contributed by atoms with van der Waals surface area (Å²) in [5.41, 5.74) is 0. The maximum Gasteiger partial charge on any atom is 0.174 e.